The SMILES string of the molecule is CC(=O)N[C@H](Cc1ccccc1)C(=O)N1CCC[C@H]1C(=O)N[C@H](CCCN=C(N)N)C(=O)c1nccs1. The highest BCUT2D eigenvalue weighted by Crippen LogP contribution is 2.21. The molecule has 1 aromatic carbocycles. The van der Waals surface area contributed by atoms with Crippen molar-refractivity contribution < 1.29 is 19.2 Å². The number of Topliss-reactive ketones (excluding diaryl/α,β-unsaturated/α-hetero) is 1. The van der Waals surface area contributed by atoms with Gasteiger partial charge in [0.1, 0.15) is 12.1 Å². The van der Waals surface area contributed by atoms with Crippen molar-refractivity contribution in [2.45, 2.75) is 57.2 Å². The predicted octanol–water partition coefficient (Wildman–Crippen LogP) is 0.603. The van der Waals surface area contributed by atoms with Gasteiger partial charge in [-0.25, -0.2) is 4.98 Å². The molecule has 12 heteroatoms. The molecule has 6 N–H and O–H groups in total. The van der Waals surface area contributed by atoms with Crippen LogP contribution in [0.25, 0.3) is 0 Å². The summed E-state index contributed by atoms with van der Waals surface area (Å²) in [5.74, 6) is -1.42. The molecule has 0 aliphatic carbocycles. The number of carbonyl (C=O) groups excluding carboxylic acids is 4. The molecular formula is C25H33N7O4S. The Kier molecular flexibility index (Phi) is 10.1. The Hall–Kier alpha value is -3.80. The number of aromatic nitrogens is 1. The van der Waals surface area contributed by atoms with E-state index in [0.717, 1.165) is 5.56 Å². The Balaban J connectivity index is 1.72. The van der Waals surface area contributed by atoms with Crippen molar-refractivity contribution >= 4 is 40.8 Å². The minimum absolute atomic E-state index is 0.0452. The van der Waals surface area contributed by atoms with Gasteiger partial charge in [0.05, 0.1) is 6.04 Å². The summed E-state index contributed by atoms with van der Waals surface area (Å²) in [5, 5.41) is 7.55. The number of guanidine groups is 1. The number of benzene rings is 1. The van der Waals surface area contributed by atoms with Gasteiger partial charge in [-0.15, -0.1) is 11.3 Å². The monoisotopic (exact) mass is 527 g/mol. The summed E-state index contributed by atoms with van der Waals surface area (Å²) in [7, 11) is 0. The summed E-state index contributed by atoms with van der Waals surface area (Å²) in [6, 6.07) is 6.99. The number of nitrogens with zero attached hydrogens (tertiary/aromatic N) is 3. The van der Waals surface area contributed by atoms with E-state index in [-0.39, 0.29) is 23.6 Å². The number of hydrogen-bond acceptors (Lipinski definition) is 7. The van der Waals surface area contributed by atoms with Crippen molar-refractivity contribution in [3.63, 3.8) is 0 Å². The Morgan fingerprint density at radius 1 is 1.16 bits per heavy atom. The Labute approximate surface area is 219 Å². The number of ketones is 1. The molecule has 3 amide bonds. The third-order valence-electron chi connectivity index (χ3n) is 6.02. The maximum Gasteiger partial charge on any atom is 0.246 e. The number of amides is 3. The highest BCUT2D eigenvalue weighted by molar-refractivity contribution is 7.11. The largest absolute Gasteiger partial charge is 0.370 e. The molecule has 1 aromatic heterocycles. The molecule has 0 saturated carbocycles. The van der Waals surface area contributed by atoms with Crippen LogP contribution in [0.3, 0.4) is 0 Å². The lowest BCUT2D eigenvalue weighted by Gasteiger charge is -2.29. The van der Waals surface area contributed by atoms with Gasteiger partial charge >= 0.3 is 0 Å². The van der Waals surface area contributed by atoms with Gasteiger partial charge in [0, 0.05) is 38.0 Å². The average molecular weight is 528 g/mol. The number of carbonyl (C=O) groups is 4. The maximum absolute atomic E-state index is 13.5. The molecule has 2 aromatic rings. The average Bonchev–Trinajstić information content (AvgIpc) is 3.57. The van der Waals surface area contributed by atoms with E-state index >= 15 is 0 Å². The first-order valence-corrected chi connectivity index (χ1v) is 13.0. The van der Waals surface area contributed by atoms with Crippen molar-refractivity contribution in [2.24, 2.45) is 16.5 Å². The fraction of sp³-hybridized carbons (Fsp3) is 0.440. The number of nitrogens with one attached hydrogen (secondary N) is 2. The standard InChI is InChI=1S/C25H33N7O4S/c1-16(33)30-19(15-17-7-3-2-4-8-17)24(36)32-13-6-10-20(32)22(35)31-18(9-5-11-29-25(26)27)21(34)23-28-12-14-37-23/h2-4,7-8,12,14,18-20H,5-6,9-11,13,15H2,1H3,(H,30,33)(H,31,35)(H4,26,27,29)/t18-,19-,20+/m1/s1. The molecule has 0 bridgehead atoms. The van der Waals surface area contributed by atoms with Crippen LogP contribution in [-0.4, -0.2) is 70.6 Å². The van der Waals surface area contributed by atoms with Crippen LogP contribution in [0, 0.1) is 0 Å². The summed E-state index contributed by atoms with van der Waals surface area (Å²) in [5.41, 5.74) is 11.6. The van der Waals surface area contributed by atoms with Gasteiger partial charge in [-0.05, 0) is 31.2 Å². The summed E-state index contributed by atoms with van der Waals surface area (Å²) < 4.78 is 0. The topological polar surface area (TPSA) is 173 Å². The van der Waals surface area contributed by atoms with Crippen molar-refractivity contribution in [3.8, 4) is 0 Å². The molecule has 37 heavy (non-hydrogen) atoms. The van der Waals surface area contributed by atoms with Gasteiger partial charge in [0.25, 0.3) is 0 Å². The third-order valence-corrected chi connectivity index (χ3v) is 6.81. The summed E-state index contributed by atoms with van der Waals surface area (Å²) >= 11 is 1.19. The van der Waals surface area contributed by atoms with Crippen LogP contribution >= 0.6 is 11.3 Å². The number of rotatable bonds is 12. The molecule has 198 valence electrons. The normalized spacial score (nSPS) is 16.5. The maximum atomic E-state index is 13.5. The lowest BCUT2D eigenvalue weighted by molar-refractivity contribution is -0.141. The van der Waals surface area contributed by atoms with Crippen molar-refractivity contribution in [3.05, 3.63) is 52.5 Å². The zero-order chi connectivity index (χ0) is 26.8. The van der Waals surface area contributed by atoms with Crippen LogP contribution < -0.4 is 22.1 Å². The number of likely N-dealkylation sites (tertiary alicyclic amines) is 1. The lowest BCUT2D eigenvalue weighted by Crippen LogP contribution is -2.55. The molecule has 3 rings (SSSR count). The minimum Gasteiger partial charge on any atom is -0.370 e. The van der Waals surface area contributed by atoms with Gasteiger partial charge < -0.3 is 27.0 Å². The van der Waals surface area contributed by atoms with Crippen LogP contribution in [0.5, 0.6) is 0 Å². The summed E-state index contributed by atoms with van der Waals surface area (Å²) in [6.07, 6.45) is 3.71. The number of hydrogen-bond donors (Lipinski definition) is 4. The van der Waals surface area contributed by atoms with Crippen molar-refractivity contribution in [2.75, 3.05) is 13.1 Å². The third kappa shape index (κ3) is 8.10. The zero-order valence-electron chi connectivity index (χ0n) is 20.8. The molecule has 3 atom stereocenters. The molecule has 0 radical (unpaired) electrons. The first kappa shape index (κ1) is 27.8. The van der Waals surface area contributed by atoms with Crippen molar-refractivity contribution in [1.29, 1.82) is 0 Å². The van der Waals surface area contributed by atoms with Gasteiger partial charge in [0.2, 0.25) is 23.5 Å². The first-order valence-electron chi connectivity index (χ1n) is 12.2. The highest BCUT2D eigenvalue weighted by Gasteiger charge is 2.38. The van der Waals surface area contributed by atoms with E-state index in [4.69, 9.17) is 11.5 Å². The summed E-state index contributed by atoms with van der Waals surface area (Å²) in [6.45, 7) is 2.06. The molecule has 1 saturated heterocycles. The van der Waals surface area contributed by atoms with E-state index in [1.54, 1.807) is 5.38 Å². The molecular weight excluding hydrogens is 494 g/mol. The lowest BCUT2D eigenvalue weighted by atomic mass is 10.0. The molecule has 1 fully saturated rings. The second-order valence-corrected chi connectivity index (χ2v) is 9.74. The van der Waals surface area contributed by atoms with Gasteiger partial charge in [-0.3, -0.25) is 24.2 Å². The van der Waals surface area contributed by atoms with Crippen LogP contribution in [0.15, 0.2) is 46.9 Å². The fourth-order valence-electron chi connectivity index (χ4n) is 4.33. The van der Waals surface area contributed by atoms with E-state index in [1.807, 2.05) is 30.3 Å². The quantitative estimate of drug-likeness (QED) is 0.135. The van der Waals surface area contributed by atoms with Crippen LogP contribution in [0.2, 0.25) is 0 Å². The van der Waals surface area contributed by atoms with Crippen molar-refractivity contribution in [1.82, 2.24) is 20.5 Å². The Morgan fingerprint density at radius 2 is 1.92 bits per heavy atom. The van der Waals surface area contributed by atoms with Gasteiger partial charge in [-0.2, -0.15) is 0 Å². The smallest absolute Gasteiger partial charge is 0.246 e. The molecule has 2 heterocycles. The van der Waals surface area contributed by atoms with Gasteiger partial charge in [0.15, 0.2) is 11.0 Å². The molecule has 0 unspecified atom stereocenters. The van der Waals surface area contributed by atoms with E-state index in [2.05, 4.69) is 20.6 Å². The molecule has 1 aliphatic heterocycles. The van der Waals surface area contributed by atoms with Gasteiger partial charge in [-0.1, -0.05) is 30.3 Å². The minimum atomic E-state index is -0.833. The van der Waals surface area contributed by atoms with E-state index in [9.17, 15) is 19.2 Å². The summed E-state index contributed by atoms with van der Waals surface area (Å²) in [4.78, 5) is 61.3. The first-order chi connectivity index (χ1) is 17.8. The van der Waals surface area contributed by atoms with Crippen LogP contribution in [-0.2, 0) is 20.8 Å². The number of nitrogens with two attached hydrogens (primary N) is 2. The molecule has 1 aliphatic rings. The van der Waals surface area contributed by atoms with Crippen LogP contribution in [0.1, 0.15) is 48.0 Å². The predicted molar refractivity (Wildman–Crippen MR) is 141 cm³/mol. The molecule has 11 nitrogen and oxygen atoms in total. The second-order valence-electron chi connectivity index (χ2n) is 8.84. The highest BCUT2D eigenvalue weighted by atomic mass is 32.1. The van der Waals surface area contributed by atoms with E-state index < -0.39 is 24.0 Å². The van der Waals surface area contributed by atoms with E-state index in [0.29, 0.717) is 50.2 Å². The Bertz CT molecular complexity index is 1100. The molecule has 0 spiro atoms. The number of thiazole rings is 1. The fourth-order valence-corrected chi connectivity index (χ4v) is 4.96. The van der Waals surface area contributed by atoms with Crippen LogP contribution in [0.4, 0.5) is 0 Å². The Morgan fingerprint density at radius 3 is 2.57 bits per heavy atom. The number of aliphatic imine (C=N–C) groups is 1. The van der Waals surface area contributed by atoms with E-state index in [1.165, 1.54) is 29.4 Å². The zero-order valence-corrected chi connectivity index (χ0v) is 21.6. The second kappa shape index (κ2) is 13.5.